The van der Waals surface area contributed by atoms with Crippen LogP contribution < -0.4 is 0 Å². The molecule has 0 bridgehead atoms. The molecule has 2 atom stereocenters. The van der Waals surface area contributed by atoms with Gasteiger partial charge in [0.25, 0.3) is 0 Å². The quantitative estimate of drug-likeness (QED) is 0.779. The first-order valence-electron chi connectivity index (χ1n) is 7.68. The third kappa shape index (κ3) is 3.48. The summed E-state index contributed by atoms with van der Waals surface area (Å²) in [5.74, 6) is 0.886. The molecule has 2 fully saturated rings. The van der Waals surface area contributed by atoms with Crippen molar-refractivity contribution in [3.05, 3.63) is 0 Å². The number of carbonyl (C=O) groups excluding carboxylic acids is 2. The summed E-state index contributed by atoms with van der Waals surface area (Å²) in [4.78, 5) is 28.2. The lowest BCUT2D eigenvalue weighted by Gasteiger charge is -2.32. The summed E-state index contributed by atoms with van der Waals surface area (Å²) < 4.78 is 0. The monoisotopic (exact) mass is 266 g/mol. The van der Waals surface area contributed by atoms with E-state index in [0.29, 0.717) is 18.9 Å². The topological polar surface area (TPSA) is 40.6 Å². The van der Waals surface area contributed by atoms with Gasteiger partial charge in [-0.1, -0.05) is 20.3 Å². The van der Waals surface area contributed by atoms with Crippen molar-refractivity contribution in [2.45, 2.75) is 46.0 Å². The zero-order valence-corrected chi connectivity index (χ0v) is 12.2. The number of nitrogens with zero attached hydrogens (tertiary/aromatic N) is 2. The van der Waals surface area contributed by atoms with Gasteiger partial charge in [-0.2, -0.15) is 0 Å². The summed E-state index contributed by atoms with van der Waals surface area (Å²) in [5, 5.41) is 0. The molecule has 0 aromatic rings. The highest BCUT2D eigenvalue weighted by Crippen LogP contribution is 2.23. The second kappa shape index (κ2) is 6.40. The minimum absolute atomic E-state index is 0.0883. The Hall–Kier alpha value is -1.06. The number of hydrogen-bond acceptors (Lipinski definition) is 2. The molecule has 19 heavy (non-hydrogen) atoms. The van der Waals surface area contributed by atoms with Crippen LogP contribution in [0.4, 0.5) is 0 Å². The lowest BCUT2D eigenvalue weighted by atomic mass is 9.98. The summed E-state index contributed by atoms with van der Waals surface area (Å²) in [6.07, 6.45) is 4.87. The van der Waals surface area contributed by atoms with Gasteiger partial charge >= 0.3 is 0 Å². The zero-order valence-electron chi connectivity index (χ0n) is 12.2. The van der Waals surface area contributed by atoms with Crippen molar-refractivity contribution in [3.8, 4) is 0 Å². The van der Waals surface area contributed by atoms with Crippen LogP contribution in [0.5, 0.6) is 0 Å². The Morgan fingerprint density at radius 2 is 2.16 bits per heavy atom. The molecule has 2 saturated heterocycles. The highest BCUT2D eigenvalue weighted by Gasteiger charge is 2.36. The molecule has 108 valence electrons. The van der Waals surface area contributed by atoms with Crippen LogP contribution in [0, 0.1) is 11.8 Å². The normalized spacial score (nSPS) is 28.0. The fourth-order valence-corrected chi connectivity index (χ4v) is 3.15. The van der Waals surface area contributed by atoms with Crippen LogP contribution in [-0.2, 0) is 9.59 Å². The maximum Gasteiger partial charge on any atom is 0.228 e. The van der Waals surface area contributed by atoms with Gasteiger partial charge in [-0.05, 0) is 25.2 Å². The van der Waals surface area contributed by atoms with Crippen LogP contribution in [0.2, 0.25) is 0 Å². The molecule has 0 unspecified atom stereocenters. The number of likely N-dealkylation sites (tertiary alicyclic amines) is 2. The molecule has 2 amide bonds. The van der Waals surface area contributed by atoms with Crippen LogP contribution in [0.3, 0.4) is 0 Å². The Morgan fingerprint density at radius 1 is 1.37 bits per heavy atom. The van der Waals surface area contributed by atoms with E-state index >= 15 is 0 Å². The number of piperidine rings is 1. The molecule has 0 aromatic carbocycles. The van der Waals surface area contributed by atoms with Crippen molar-refractivity contribution in [3.63, 3.8) is 0 Å². The number of hydrogen-bond donors (Lipinski definition) is 0. The summed E-state index contributed by atoms with van der Waals surface area (Å²) in [6, 6.07) is 0. The molecule has 0 saturated carbocycles. The summed E-state index contributed by atoms with van der Waals surface area (Å²) >= 11 is 0. The lowest BCUT2D eigenvalue weighted by molar-refractivity contribution is -0.137. The predicted octanol–water partition coefficient (Wildman–Crippen LogP) is 1.89. The van der Waals surface area contributed by atoms with E-state index < -0.39 is 0 Å². The fraction of sp³-hybridized carbons (Fsp3) is 0.867. The first-order chi connectivity index (χ1) is 9.11. The third-order valence-electron chi connectivity index (χ3n) is 4.31. The van der Waals surface area contributed by atoms with E-state index in [-0.39, 0.29) is 17.7 Å². The molecule has 4 nitrogen and oxygen atoms in total. The predicted molar refractivity (Wildman–Crippen MR) is 74.6 cm³/mol. The van der Waals surface area contributed by atoms with Gasteiger partial charge in [0, 0.05) is 32.6 Å². The zero-order chi connectivity index (χ0) is 13.8. The van der Waals surface area contributed by atoms with E-state index in [1.807, 2.05) is 9.80 Å². The van der Waals surface area contributed by atoms with Gasteiger partial charge in [0.2, 0.25) is 11.8 Å². The van der Waals surface area contributed by atoms with Crippen LogP contribution in [0.15, 0.2) is 0 Å². The largest absolute Gasteiger partial charge is 0.342 e. The number of amides is 2. The van der Waals surface area contributed by atoms with E-state index in [4.69, 9.17) is 0 Å². The molecule has 2 rings (SSSR count). The second-order valence-electron chi connectivity index (χ2n) is 6.13. The van der Waals surface area contributed by atoms with Gasteiger partial charge in [-0.15, -0.1) is 0 Å². The van der Waals surface area contributed by atoms with Crippen molar-refractivity contribution in [1.82, 2.24) is 9.80 Å². The van der Waals surface area contributed by atoms with Gasteiger partial charge in [-0.25, -0.2) is 0 Å². The maximum atomic E-state index is 12.5. The first kappa shape index (κ1) is 14.4. The van der Waals surface area contributed by atoms with E-state index in [1.54, 1.807) is 0 Å². The SMILES string of the molecule is CCCCN1C[C@H](C(=O)N2CCC[C@H](C)C2)CC1=O. The standard InChI is InChI=1S/C15H26N2O2/c1-3-4-7-16-11-13(9-14(16)18)15(19)17-8-5-6-12(2)10-17/h12-13H,3-11H2,1-2H3/t12-,13+/m0/s1. The molecule has 0 aromatic heterocycles. The Kier molecular flexibility index (Phi) is 4.83. The molecule has 2 aliphatic rings. The van der Waals surface area contributed by atoms with Crippen molar-refractivity contribution in [2.75, 3.05) is 26.2 Å². The van der Waals surface area contributed by atoms with Gasteiger partial charge in [-0.3, -0.25) is 9.59 Å². The van der Waals surface area contributed by atoms with Crippen LogP contribution in [-0.4, -0.2) is 47.8 Å². The minimum atomic E-state index is -0.0883. The molecular formula is C15H26N2O2. The van der Waals surface area contributed by atoms with Crippen molar-refractivity contribution in [2.24, 2.45) is 11.8 Å². The highest BCUT2D eigenvalue weighted by molar-refractivity contribution is 5.89. The summed E-state index contributed by atoms with van der Waals surface area (Å²) in [6.45, 7) is 7.53. The molecule has 2 heterocycles. The van der Waals surface area contributed by atoms with E-state index in [9.17, 15) is 9.59 Å². The third-order valence-corrected chi connectivity index (χ3v) is 4.31. The Labute approximate surface area is 116 Å². The van der Waals surface area contributed by atoms with Gasteiger partial charge < -0.3 is 9.80 Å². The molecule has 2 aliphatic heterocycles. The molecular weight excluding hydrogens is 240 g/mol. The van der Waals surface area contributed by atoms with E-state index in [2.05, 4.69) is 13.8 Å². The molecule has 0 aliphatic carbocycles. The van der Waals surface area contributed by atoms with Crippen LogP contribution in [0.25, 0.3) is 0 Å². The van der Waals surface area contributed by atoms with Gasteiger partial charge in [0.1, 0.15) is 0 Å². The molecule has 0 radical (unpaired) electrons. The van der Waals surface area contributed by atoms with Crippen LogP contribution >= 0.6 is 0 Å². The van der Waals surface area contributed by atoms with E-state index in [0.717, 1.165) is 38.9 Å². The molecule has 4 heteroatoms. The Bertz CT molecular complexity index is 343. The highest BCUT2D eigenvalue weighted by atomic mass is 16.2. The second-order valence-corrected chi connectivity index (χ2v) is 6.13. The van der Waals surface area contributed by atoms with Gasteiger partial charge in [0.05, 0.1) is 5.92 Å². The first-order valence-corrected chi connectivity index (χ1v) is 7.68. The number of rotatable bonds is 4. The van der Waals surface area contributed by atoms with Crippen LogP contribution in [0.1, 0.15) is 46.0 Å². The summed E-state index contributed by atoms with van der Waals surface area (Å²) in [5.41, 5.74) is 0. The smallest absolute Gasteiger partial charge is 0.228 e. The maximum absolute atomic E-state index is 12.5. The Morgan fingerprint density at radius 3 is 2.84 bits per heavy atom. The average molecular weight is 266 g/mol. The average Bonchev–Trinajstić information content (AvgIpc) is 2.77. The fourth-order valence-electron chi connectivity index (χ4n) is 3.15. The van der Waals surface area contributed by atoms with Gasteiger partial charge in [0.15, 0.2) is 0 Å². The van der Waals surface area contributed by atoms with E-state index in [1.165, 1.54) is 6.42 Å². The lowest BCUT2D eigenvalue weighted by Crippen LogP contribution is -2.43. The van der Waals surface area contributed by atoms with Crippen molar-refractivity contribution >= 4 is 11.8 Å². The molecule has 0 N–H and O–H groups in total. The number of carbonyl (C=O) groups is 2. The summed E-state index contributed by atoms with van der Waals surface area (Å²) in [7, 11) is 0. The number of unbranched alkanes of at least 4 members (excludes halogenated alkanes) is 1. The minimum Gasteiger partial charge on any atom is -0.342 e. The Balaban J connectivity index is 1.88. The van der Waals surface area contributed by atoms with Crippen molar-refractivity contribution in [1.29, 1.82) is 0 Å². The molecule has 0 spiro atoms. The van der Waals surface area contributed by atoms with Crippen molar-refractivity contribution < 1.29 is 9.59 Å².